The van der Waals surface area contributed by atoms with E-state index in [-0.39, 0.29) is 0 Å². The van der Waals surface area contributed by atoms with Crippen molar-refractivity contribution in [2.45, 2.75) is 0 Å². The van der Waals surface area contributed by atoms with E-state index < -0.39 is 0 Å². The highest BCUT2D eigenvalue weighted by atomic mass is 127. The molecule has 3 rings (SSSR count). The highest BCUT2D eigenvalue weighted by Crippen LogP contribution is 2.35. The van der Waals surface area contributed by atoms with Crippen molar-refractivity contribution in [3.05, 3.63) is 51.3 Å². The van der Waals surface area contributed by atoms with Gasteiger partial charge in [-0.1, -0.05) is 17.7 Å². The molecule has 2 heterocycles. The molecule has 0 radical (unpaired) electrons. The van der Waals surface area contributed by atoms with Gasteiger partial charge in [-0.3, -0.25) is 10.1 Å². The Hall–Kier alpha value is -1.60. The molecule has 6 heteroatoms. The Morgan fingerprint density at radius 1 is 1.10 bits per heavy atom. The Morgan fingerprint density at radius 3 is 2.55 bits per heavy atom. The van der Waals surface area contributed by atoms with Crippen LogP contribution in [-0.2, 0) is 0 Å². The molecule has 0 aliphatic rings. The maximum atomic E-state index is 6.19. The van der Waals surface area contributed by atoms with Crippen molar-refractivity contribution < 1.29 is 0 Å². The third-order valence-electron chi connectivity index (χ3n) is 2.97. The highest BCUT2D eigenvalue weighted by Gasteiger charge is 2.15. The Balaban J connectivity index is 2.18. The molecule has 2 aromatic heterocycles. The lowest BCUT2D eigenvalue weighted by molar-refractivity contribution is 1.10. The van der Waals surface area contributed by atoms with E-state index in [9.17, 15) is 0 Å². The van der Waals surface area contributed by atoms with Crippen molar-refractivity contribution in [2.24, 2.45) is 0 Å². The van der Waals surface area contributed by atoms with E-state index >= 15 is 0 Å². The number of pyridine rings is 1. The molecule has 0 spiro atoms. The minimum Gasteiger partial charge on any atom is -0.382 e. The summed E-state index contributed by atoms with van der Waals surface area (Å²) in [4.78, 5) is 4.02. The fraction of sp³-hybridized carbons (Fsp3) is 0. The Bertz CT molecular complexity index is 755. The molecule has 0 atom stereocenters. The molecular weight excluding hydrogens is 387 g/mol. The lowest BCUT2D eigenvalue weighted by Gasteiger charge is -2.06. The number of benzene rings is 1. The predicted octanol–water partition coefficient (Wildman–Crippen LogP) is 3.98. The van der Waals surface area contributed by atoms with Gasteiger partial charge in [-0.2, -0.15) is 5.10 Å². The van der Waals surface area contributed by atoms with E-state index in [1.54, 1.807) is 12.4 Å². The maximum Gasteiger partial charge on any atom is 0.153 e. The first-order valence-electron chi connectivity index (χ1n) is 5.86. The molecule has 0 saturated carbocycles. The van der Waals surface area contributed by atoms with Gasteiger partial charge in [0.2, 0.25) is 0 Å². The van der Waals surface area contributed by atoms with Gasteiger partial charge in [0.25, 0.3) is 0 Å². The van der Waals surface area contributed by atoms with Crippen LogP contribution >= 0.6 is 34.2 Å². The summed E-state index contributed by atoms with van der Waals surface area (Å²) in [6.45, 7) is 0. The smallest absolute Gasteiger partial charge is 0.153 e. The number of anilines is 1. The summed E-state index contributed by atoms with van der Waals surface area (Å²) < 4.78 is 1.01. The monoisotopic (exact) mass is 396 g/mol. The lowest BCUT2D eigenvalue weighted by Crippen LogP contribution is -1.89. The fourth-order valence-corrected chi connectivity index (χ4v) is 2.54. The number of nitrogens with two attached hydrogens (primary N) is 1. The third-order valence-corrected chi connectivity index (χ3v) is 4.54. The van der Waals surface area contributed by atoms with Crippen molar-refractivity contribution in [3.8, 4) is 22.4 Å². The number of hydrogen-bond acceptors (Lipinski definition) is 3. The Morgan fingerprint density at radius 2 is 1.85 bits per heavy atom. The highest BCUT2D eigenvalue weighted by molar-refractivity contribution is 14.1. The topological polar surface area (TPSA) is 67.6 Å². The summed E-state index contributed by atoms with van der Waals surface area (Å²) in [6, 6.07) is 9.66. The molecule has 1 aromatic carbocycles. The predicted molar refractivity (Wildman–Crippen MR) is 89.4 cm³/mol. The van der Waals surface area contributed by atoms with Crippen molar-refractivity contribution >= 4 is 40.0 Å². The van der Waals surface area contributed by atoms with E-state index in [4.69, 9.17) is 17.3 Å². The fourth-order valence-electron chi connectivity index (χ4n) is 2.03. The summed E-state index contributed by atoms with van der Waals surface area (Å²) in [5, 5.41) is 7.79. The first-order chi connectivity index (χ1) is 9.66. The summed E-state index contributed by atoms with van der Waals surface area (Å²) in [5.74, 6) is 0.459. The molecule has 100 valence electrons. The first kappa shape index (κ1) is 13.4. The third kappa shape index (κ3) is 2.38. The zero-order valence-electron chi connectivity index (χ0n) is 10.3. The lowest BCUT2D eigenvalue weighted by atomic mass is 10.0. The van der Waals surface area contributed by atoms with Crippen LogP contribution in [0.15, 0.2) is 42.7 Å². The normalized spacial score (nSPS) is 10.7. The molecule has 0 aliphatic carbocycles. The Kier molecular flexibility index (Phi) is 3.62. The molecule has 0 bridgehead atoms. The molecule has 0 unspecified atom stereocenters. The summed E-state index contributed by atoms with van der Waals surface area (Å²) in [7, 11) is 0. The number of aromatic amines is 1. The summed E-state index contributed by atoms with van der Waals surface area (Å²) in [6.07, 6.45) is 3.46. The van der Waals surface area contributed by atoms with Gasteiger partial charge in [0.05, 0.1) is 16.3 Å². The number of hydrogen-bond donors (Lipinski definition) is 2. The van der Waals surface area contributed by atoms with Crippen LogP contribution in [0.4, 0.5) is 5.82 Å². The van der Waals surface area contributed by atoms with Crippen LogP contribution in [-0.4, -0.2) is 15.2 Å². The van der Waals surface area contributed by atoms with Gasteiger partial charge in [-0.05, 0) is 52.4 Å². The van der Waals surface area contributed by atoms with E-state index in [1.165, 1.54) is 0 Å². The number of nitrogens with one attached hydrogen (secondary N) is 1. The van der Waals surface area contributed by atoms with Crippen LogP contribution in [0.25, 0.3) is 22.4 Å². The van der Waals surface area contributed by atoms with Gasteiger partial charge in [-0.25, -0.2) is 0 Å². The largest absolute Gasteiger partial charge is 0.382 e. The average molecular weight is 397 g/mol. The van der Waals surface area contributed by atoms with E-state index in [2.05, 4.69) is 37.8 Å². The number of nitrogen functional groups attached to an aromatic ring is 1. The number of rotatable bonds is 2. The number of nitrogens with zero attached hydrogens (tertiary/aromatic N) is 2. The number of halogens is 2. The van der Waals surface area contributed by atoms with E-state index in [0.717, 1.165) is 26.0 Å². The van der Waals surface area contributed by atoms with Crippen LogP contribution in [0.2, 0.25) is 5.02 Å². The Labute approximate surface area is 134 Å². The van der Waals surface area contributed by atoms with Gasteiger partial charge >= 0.3 is 0 Å². The molecule has 0 fully saturated rings. The standard InChI is InChI=1S/C14H10ClIN4/c15-10-7-9(1-2-11(10)16)13-12(14(17)20-19-13)8-3-5-18-6-4-8/h1-7H,(H3,17,19,20). The van der Waals surface area contributed by atoms with Crippen LogP contribution < -0.4 is 5.73 Å². The van der Waals surface area contributed by atoms with Crippen molar-refractivity contribution in [3.63, 3.8) is 0 Å². The molecule has 20 heavy (non-hydrogen) atoms. The second-order valence-electron chi connectivity index (χ2n) is 4.22. The van der Waals surface area contributed by atoms with E-state index in [0.29, 0.717) is 10.8 Å². The van der Waals surface area contributed by atoms with Crippen molar-refractivity contribution in [1.29, 1.82) is 0 Å². The average Bonchev–Trinajstić information content (AvgIpc) is 2.85. The molecule has 4 nitrogen and oxygen atoms in total. The second kappa shape index (κ2) is 5.41. The summed E-state index contributed by atoms with van der Waals surface area (Å²) in [5.41, 5.74) is 9.62. The molecule has 0 amide bonds. The first-order valence-corrected chi connectivity index (χ1v) is 7.32. The van der Waals surface area contributed by atoms with E-state index in [1.807, 2.05) is 30.3 Å². The minimum atomic E-state index is 0.459. The number of H-pyrrole nitrogens is 1. The summed E-state index contributed by atoms with van der Waals surface area (Å²) >= 11 is 8.38. The van der Waals surface area contributed by atoms with Crippen LogP contribution in [0.5, 0.6) is 0 Å². The quantitative estimate of drug-likeness (QED) is 0.644. The van der Waals surface area contributed by atoms with Gasteiger partial charge < -0.3 is 5.73 Å². The zero-order valence-corrected chi connectivity index (χ0v) is 13.2. The van der Waals surface area contributed by atoms with Crippen LogP contribution in [0.1, 0.15) is 0 Å². The van der Waals surface area contributed by atoms with Crippen LogP contribution in [0, 0.1) is 3.57 Å². The maximum absolute atomic E-state index is 6.19. The van der Waals surface area contributed by atoms with Gasteiger partial charge in [-0.15, -0.1) is 0 Å². The second-order valence-corrected chi connectivity index (χ2v) is 5.79. The molecular formula is C14H10ClIN4. The SMILES string of the molecule is Nc1n[nH]c(-c2ccc(I)c(Cl)c2)c1-c1ccncc1. The molecule has 3 aromatic rings. The van der Waals surface area contributed by atoms with Crippen molar-refractivity contribution in [1.82, 2.24) is 15.2 Å². The van der Waals surface area contributed by atoms with Gasteiger partial charge in [0.1, 0.15) is 0 Å². The molecule has 0 aliphatic heterocycles. The van der Waals surface area contributed by atoms with Crippen LogP contribution in [0.3, 0.4) is 0 Å². The van der Waals surface area contributed by atoms with Gasteiger partial charge in [0.15, 0.2) is 5.82 Å². The van der Waals surface area contributed by atoms with Gasteiger partial charge in [0, 0.05) is 21.5 Å². The van der Waals surface area contributed by atoms with Crippen molar-refractivity contribution in [2.75, 3.05) is 5.73 Å². The minimum absolute atomic E-state index is 0.459. The molecule has 0 saturated heterocycles. The molecule has 3 N–H and O–H groups in total. The zero-order chi connectivity index (χ0) is 14.1. The number of aromatic nitrogens is 3.